The van der Waals surface area contributed by atoms with Crippen molar-refractivity contribution in [1.29, 1.82) is 0 Å². The molecule has 4 nitrogen and oxygen atoms in total. The van der Waals surface area contributed by atoms with E-state index in [0.717, 1.165) is 35.4 Å². The average molecular weight is 487 g/mol. The average Bonchev–Trinajstić information content (AvgIpc) is 3.08. The second-order valence-electron chi connectivity index (χ2n) is 7.07. The van der Waals surface area contributed by atoms with Crippen LogP contribution in [-0.4, -0.2) is 42.0 Å². The Kier molecular flexibility index (Phi) is 8.95. The van der Waals surface area contributed by atoms with E-state index in [0.29, 0.717) is 27.3 Å². The van der Waals surface area contributed by atoms with Gasteiger partial charge in [0.1, 0.15) is 0 Å². The molecule has 3 rings (SSSR count). The van der Waals surface area contributed by atoms with Crippen molar-refractivity contribution in [2.75, 3.05) is 31.1 Å². The molecule has 162 valence electrons. The van der Waals surface area contributed by atoms with Crippen LogP contribution >= 0.6 is 46.9 Å². The van der Waals surface area contributed by atoms with Gasteiger partial charge in [-0.1, -0.05) is 54.5 Å². The Hall–Kier alpha value is -1.37. The van der Waals surface area contributed by atoms with Crippen LogP contribution in [0.1, 0.15) is 35.3 Å². The Morgan fingerprint density at radius 2 is 1.63 bits per heavy atom. The molecule has 0 aliphatic rings. The molecule has 0 atom stereocenters. The molecule has 2 aromatic carbocycles. The molecule has 0 aliphatic heterocycles. The standard InChI is InChI=1S/C22H25Cl2N3OS.ClH/c1-5-26(6-2)7-8-27(21(28)16-11-17(23)13-18(24)12-16)22-25-20-15(4)9-14(3)10-19(20)29-22;/h9-13H,5-8H2,1-4H3;1H. The first-order valence-electron chi connectivity index (χ1n) is 9.70. The third-order valence-electron chi connectivity index (χ3n) is 4.94. The van der Waals surface area contributed by atoms with Crippen molar-refractivity contribution >= 4 is 68.2 Å². The van der Waals surface area contributed by atoms with Crippen LogP contribution in [0.4, 0.5) is 5.13 Å². The van der Waals surface area contributed by atoms with E-state index in [1.54, 1.807) is 34.4 Å². The number of amides is 1. The predicted octanol–water partition coefficient (Wildman–Crippen LogP) is 6.63. The molecule has 1 amide bonds. The maximum absolute atomic E-state index is 13.4. The van der Waals surface area contributed by atoms with E-state index in [4.69, 9.17) is 28.2 Å². The van der Waals surface area contributed by atoms with Crippen LogP contribution in [0, 0.1) is 13.8 Å². The highest BCUT2D eigenvalue weighted by Crippen LogP contribution is 2.33. The summed E-state index contributed by atoms with van der Waals surface area (Å²) in [4.78, 5) is 22.3. The van der Waals surface area contributed by atoms with Gasteiger partial charge in [-0.15, -0.1) is 12.4 Å². The Balaban J connectivity index is 0.00000320. The molecule has 30 heavy (non-hydrogen) atoms. The number of thiazole rings is 1. The van der Waals surface area contributed by atoms with Crippen molar-refractivity contribution in [2.45, 2.75) is 27.7 Å². The van der Waals surface area contributed by atoms with Crippen molar-refractivity contribution in [3.05, 3.63) is 57.1 Å². The van der Waals surface area contributed by atoms with E-state index < -0.39 is 0 Å². The second-order valence-corrected chi connectivity index (χ2v) is 8.95. The van der Waals surface area contributed by atoms with E-state index in [1.165, 1.54) is 5.56 Å². The molecule has 0 bridgehead atoms. The normalized spacial score (nSPS) is 11.0. The van der Waals surface area contributed by atoms with Crippen molar-refractivity contribution in [3.8, 4) is 0 Å². The Bertz CT molecular complexity index is 1010. The summed E-state index contributed by atoms with van der Waals surface area (Å²) in [5.74, 6) is -0.144. The molecular formula is C22H26Cl3N3OS. The molecule has 0 N–H and O–H groups in total. The third kappa shape index (κ3) is 5.65. The fourth-order valence-electron chi connectivity index (χ4n) is 3.37. The number of nitrogens with zero attached hydrogens (tertiary/aromatic N) is 3. The van der Waals surface area contributed by atoms with E-state index in [9.17, 15) is 4.79 Å². The number of halogens is 3. The number of hydrogen-bond donors (Lipinski definition) is 0. The monoisotopic (exact) mass is 485 g/mol. The fraction of sp³-hybridized carbons (Fsp3) is 0.364. The van der Waals surface area contributed by atoms with Gasteiger partial charge in [0, 0.05) is 28.7 Å². The van der Waals surface area contributed by atoms with Crippen LogP contribution in [0.2, 0.25) is 10.0 Å². The first-order valence-corrected chi connectivity index (χ1v) is 11.3. The van der Waals surface area contributed by atoms with Crippen molar-refractivity contribution in [2.24, 2.45) is 0 Å². The summed E-state index contributed by atoms with van der Waals surface area (Å²) >= 11 is 13.8. The van der Waals surface area contributed by atoms with Gasteiger partial charge in [0.05, 0.1) is 10.2 Å². The van der Waals surface area contributed by atoms with E-state index in [1.807, 2.05) is 0 Å². The van der Waals surface area contributed by atoms with Crippen LogP contribution in [-0.2, 0) is 0 Å². The highest BCUT2D eigenvalue weighted by molar-refractivity contribution is 7.22. The molecule has 1 aromatic heterocycles. The highest BCUT2D eigenvalue weighted by Gasteiger charge is 2.23. The minimum absolute atomic E-state index is 0. The van der Waals surface area contributed by atoms with Gasteiger partial charge < -0.3 is 4.90 Å². The molecule has 0 spiro atoms. The van der Waals surface area contributed by atoms with Gasteiger partial charge >= 0.3 is 0 Å². The summed E-state index contributed by atoms with van der Waals surface area (Å²) in [5, 5.41) is 1.59. The van der Waals surface area contributed by atoms with Crippen LogP contribution in [0.5, 0.6) is 0 Å². The van der Waals surface area contributed by atoms with Gasteiger partial charge in [-0.2, -0.15) is 0 Å². The summed E-state index contributed by atoms with van der Waals surface area (Å²) in [6.45, 7) is 11.5. The zero-order valence-electron chi connectivity index (χ0n) is 17.5. The molecule has 1 heterocycles. The minimum atomic E-state index is -0.144. The first kappa shape index (κ1) is 24.9. The number of fused-ring (bicyclic) bond motifs is 1. The van der Waals surface area contributed by atoms with Crippen molar-refractivity contribution in [3.63, 3.8) is 0 Å². The molecular weight excluding hydrogens is 461 g/mol. The number of carbonyl (C=O) groups is 1. The van der Waals surface area contributed by atoms with Crippen molar-refractivity contribution < 1.29 is 4.79 Å². The number of aromatic nitrogens is 1. The van der Waals surface area contributed by atoms with E-state index >= 15 is 0 Å². The lowest BCUT2D eigenvalue weighted by Crippen LogP contribution is -2.38. The lowest BCUT2D eigenvalue weighted by atomic mass is 10.1. The largest absolute Gasteiger partial charge is 0.302 e. The van der Waals surface area contributed by atoms with Gasteiger partial charge in [0.15, 0.2) is 5.13 Å². The number of benzene rings is 2. The van der Waals surface area contributed by atoms with Crippen LogP contribution in [0.25, 0.3) is 10.2 Å². The summed E-state index contributed by atoms with van der Waals surface area (Å²) in [6, 6.07) is 9.17. The van der Waals surface area contributed by atoms with Gasteiger partial charge in [0.25, 0.3) is 5.91 Å². The smallest absolute Gasteiger partial charge is 0.260 e. The zero-order chi connectivity index (χ0) is 21.1. The number of anilines is 1. The molecule has 0 radical (unpaired) electrons. The molecule has 0 aliphatic carbocycles. The Labute approximate surface area is 198 Å². The fourth-order valence-corrected chi connectivity index (χ4v) is 5.06. The third-order valence-corrected chi connectivity index (χ3v) is 6.40. The van der Waals surface area contributed by atoms with E-state index in [-0.39, 0.29) is 18.3 Å². The van der Waals surface area contributed by atoms with E-state index in [2.05, 4.69) is 44.7 Å². The Morgan fingerprint density at radius 1 is 1.00 bits per heavy atom. The number of likely N-dealkylation sites (N-methyl/N-ethyl adjacent to an activating group) is 1. The summed E-state index contributed by atoms with van der Waals surface area (Å²) in [6.07, 6.45) is 0. The van der Waals surface area contributed by atoms with Crippen LogP contribution in [0.15, 0.2) is 30.3 Å². The van der Waals surface area contributed by atoms with Gasteiger partial charge in [0.2, 0.25) is 0 Å². The maximum atomic E-state index is 13.4. The SMILES string of the molecule is CCN(CC)CCN(C(=O)c1cc(Cl)cc(Cl)c1)c1nc2c(C)cc(C)cc2s1.Cl. The Morgan fingerprint density at radius 3 is 2.23 bits per heavy atom. The number of carbonyl (C=O) groups excluding carboxylic acids is 1. The van der Waals surface area contributed by atoms with Crippen molar-refractivity contribution in [1.82, 2.24) is 9.88 Å². The molecule has 0 unspecified atom stereocenters. The van der Waals surface area contributed by atoms with Crippen LogP contribution in [0.3, 0.4) is 0 Å². The molecule has 0 fully saturated rings. The minimum Gasteiger partial charge on any atom is -0.302 e. The lowest BCUT2D eigenvalue weighted by Gasteiger charge is -2.25. The summed E-state index contributed by atoms with van der Waals surface area (Å²) in [5.41, 5.74) is 3.71. The molecule has 3 aromatic rings. The zero-order valence-corrected chi connectivity index (χ0v) is 20.7. The lowest BCUT2D eigenvalue weighted by molar-refractivity contribution is 0.0984. The van der Waals surface area contributed by atoms with Gasteiger partial charge in [-0.3, -0.25) is 9.69 Å². The summed E-state index contributed by atoms with van der Waals surface area (Å²) < 4.78 is 1.09. The van der Waals surface area contributed by atoms with Crippen LogP contribution < -0.4 is 4.90 Å². The molecule has 8 heteroatoms. The summed E-state index contributed by atoms with van der Waals surface area (Å²) in [7, 11) is 0. The van der Waals surface area contributed by atoms with Gasteiger partial charge in [-0.25, -0.2) is 4.98 Å². The number of hydrogen-bond acceptors (Lipinski definition) is 4. The predicted molar refractivity (Wildman–Crippen MR) is 132 cm³/mol. The quantitative estimate of drug-likeness (QED) is 0.376. The molecule has 0 saturated carbocycles. The number of aryl methyl sites for hydroxylation is 2. The van der Waals surface area contributed by atoms with Gasteiger partial charge in [-0.05, 0) is 62.3 Å². The maximum Gasteiger partial charge on any atom is 0.260 e. The first-order chi connectivity index (χ1) is 13.8. The second kappa shape index (κ2) is 10.8. The topological polar surface area (TPSA) is 36.4 Å². The number of rotatable bonds is 7. The highest BCUT2D eigenvalue weighted by atomic mass is 35.5. The molecule has 0 saturated heterocycles.